The van der Waals surface area contributed by atoms with Crippen LogP contribution in [0.5, 0.6) is 0 Å². The standard InChI is InChI=1S/C44H34N2/c1-28(2)36-19-20-41(46-44(36)30-21-23-45-24-22-30)33-17-15-32-27-35(18-16-31(32)26-33)43-39-13-6-4-11-37(39)42(34-10-8-9-29(3)25-34)38-12-5-7-14-40(38)43/h4-28H,1-3H3. The molecular formula is C44H34N2. The molecule has 0 atom stereocenters. The molecule has 0 fully saturated rings. The Bertz CT molecular complexity index is 2350. The molecule has 2 aromatic heterocycles. The van der Waals surface area contributed by atoms with E-state index in [4.69, 9.17) is 4.98 Å². The van der Waals surface area contributed by atoms with Gasteiger partial charge >= 0.3 is 0 Å². The maximum atomic E-state index is 5.19. The van der Waals surface area contributed by atoms with E-state index in [0.717, 1.165) is 22.5 Å². The number of benzene rings is 6. The van der Waals surface area contributed by atoms with E-state index < -0.39 is 0 Å². The smallest absolute Gasteiger partial charge is 0.0745 e. The number of aromatic nitrogens is 2. The topological polar surface area (TPSA) is 25.8 Å². The van der Waals surface area contributed by atoms with E-state index in [1.54, 1.807) is 0 Å². The van der Waals surface area contributed by atoms with Crippen LogP contribution in [0, 0.1) is 6.92 Å². The molecule has 46 heavy (non-hydrogen) atoms. The van der Waals surface area contributed by atoms with Crippen LogP contribution in [0.4, 0.5) is 0 Å². The van der Waals surface area contributed by atoms with Gasteiger partial charge in [0.25, 0.3) is 0 Å². The Labute approximate surface area is 270 Å². The molecule has 0 spiro atoms. The van der Waals surface area contributed by atoms with Crippen molar-refractivity contribution >= 4 is 32.3 Å². The highest BCUT2D eigenvalue weighted by atomic mass is 14.7. The SMILES string of the molecule is Cc1cccc(-c2c3ccccc3c(-c3ccc4cc(-c5ccc(C(C)C)c(-c6ccncc6)n5)ccc4c3)c3ccccc23)c1. The summed E-state index contributed by atoms with van der Waals surface area (Å²) < 4.78 is 0. The maximum absolute atomic E-state index is 5.19. The number of rotatable bonds is 5. The summed E-state index contributed by atoms with van der Waals surface area (Å²) in [5.74, 6) is 0.373. The van der Waals surface area contributed by atoms with Gasteiger partial charge in [-0.3, -0.25) is 4.98 Å². The summed E-state index contributed by atoms with van der Waals surface area (Å²) in [7, 11) is 0. The van der Waals surface area contributed by atoms with Gasteiger partial charge in [-0.25, -0.2) is 4.98 Å². The summed E-state index contributed by atoms with van der Waals surface area (Å²) in [6.45, 7) is 6.61. The second-order valence-corrected chi connectivity index (χ2v) is 12.5. The van der Waals surface area contributed by atoms with Gasteiger partial charge in [-0.1, -0.05) is 123 Å². The second kappa shape index (κ2) is 11.4. The molecule has 0 aliphatic rings. The zero-order valence-corrected chi connectivity index (χ0v) is 26.3. The Morgan fingerprint density at radius 2 is 1.04 bits per heavy atom. The molecule has 0 saturated carbocycles. The molecule has 0 radical (unpaired) electrons. The Balaban J connectivity index is 1.27. The highest BCUT2D eigenvalue weighted by Gasteiger charge is 2.17. The fourth-order valence-corrected chi connectivity index (χ4v) is 6.95. The van der Waals surface area contributed by atoms with Gasteiger partial charge in [-0.05, 0) is 103 Å². The molecule has 8 aromatic rings. The predicted octanol–water partition coefficient (Wildman–Crippen LogP) is 12.0. The van der Waals surface area contributed by atoms with Crippen LogP contribution < -0.4 is 0 Å². The number of nitrogens with zero attached hydrogens (tertiary/aromatic N) is 2. The van der Waals surface area contributed by atoms with Gasteiger partial charge in [0.15, 0.2) is 0 Å². The first-order valence-electron chi connectivity index (χ1n) is 16.0. The van der Waals surface area contributed by atoms with Gasteiger partial charge in [0.2, 0.25) is 0 Å². The largest absolute Gasteiger partial charge is 0.265 e. The summed E-state index contributed by atoms with van der Waals surface area (Å²) in [5, 5.41) is 7.51. The monoisotopic (exact) mass is 590 g/mol. The Morgan fingerprint density at radius 3 is 1.63 bits per heavy atom. The lowest BCUT2D eigenvalue weighted by atomic mass is 9.85. The minimum absolute atomic E-state index is 0.373. The van der Waals surface area contributed by atoms with Crippen molar-refractivity contribution in [3.05, 3.63) is 157 Å². The minimum Gasteiger partial charge on any atom is -0.265 e. The van der Waals surface area contributed by atoms with Crippen LogP contribution in [0.15, 0.2) is 146 Å². The molecule has 2 heterocycles. The third-order valence-corrected chi connectivity index (χ3v) is 9.17. The van der Waals surface area contributed by atoms with E-state index >= 15 is 0 Å². The average molecular weight is 591 g/mol. The number of aryl methyl sites for hydroxylation is 1. The van der Waals surface area contributed by atoms with Crippen molar-refractivity contribution < 1.29 is 0 Å². The highest BCUT2D eigenvalue weighted by Crippen LogP contribution is 2.44. The first-order valence-corrected chi connectivity index (χ1v) is 16.0. The van der Waals surface area contributed by atoms with Crippen molar-refractivity contribution in [3.8, 4) is 44.8 Å². The lowest BCUT2D eigenvalue weighted by Crippen LogP contribution is -1.97. The highest BCUT2D eigenvalue weighted by molar-refractivity contribution is 6.21. The zero-order valence-electron chi connectivity index (χ0n) is 26.3. The van der Waals surface area contributed by atoms with Crippen LogP contribution in [0.3, 0.4) is 0 Å². The van der Waals surface area contributed by atoms with Gasteiger partial charge in [0.05, 0.1) is 11.4 Å². The number of hydrogen-bond acceptors (Lipinski definition) is 2. The molecule has 0 aliphatic heterocycles. The fourth-order valence-electron chi connectivity index (χ4n) is 6.95. The zero-order chi connectivity index (χ0) is 31.2. The van der Waals surface area contributed by atoms with Gasteiger partial charge in [-0.2, -0.15) is 0 Å². The fraction of sp³-hybridized carbons (Fsp3) is 0.0909. The maximum Gasteiger partial charge on any atom is 0.0745 e. The molecule has 6 aromatic carbocycles. The predicted molar refractivity (Wildman–Crippen MR) is 195 cm³/mol. The molecule has 2 nitrogen and oxygen atoms in total. The van der Waals surface area contributed by atoms with Gasteiger partial charge in [-0.15, -0.1) is 0 Å². The Morgan fingerprint density at radius 1 is 0.478 bits per heavy atom. The normalized spacial score (nSPS) is 11.6. The molecule has 0 unspecified atom stereocenters. The van der Waals surface area contributed by atoms with E-state index in [2.05, 4.69) is 147 Å². The van der Waals surface area contributed by atoms with Gasteiger partial charge in [0, 0.05) is 23.5 Å². The molecule has 0 aliphatic carbocycles. The van der Waals surface area contributed by atoms with Crippen molar-refractivity contribution in [2.24, 2.45) is 0 Å². The van der Waals surface area contributed by atoms with E-state index in [1.165, 1.54) is 65.7 Å². The molecule has 0 amide bonds. The lowest BCUT2D eigenvalue weighted by molar-refractivity contribution is 0.862. The third kappa shape index (κ3) is 4.83. The molecule has 2 heteroatoms. The van der Waals surface area contributed by atoms with E-state index in [0.29, 0.717) is 5.92 Å². The van der Waals surface area contributed by atoms with E-state index in [-0.39, 0.29) is 0 Å². The van der Waals surface area contributed by atoms with Crippen LogP contribution in [-0.4, -0.2) is 9.97 Å². The van der Waals surface area contributed by atoms with Crippen molar-refractivity contribution in [2.75, 3.05) is 0 Å². The first kappa shape index (κ1) is 27.9. The van der Waals surface area contributed by atoms with Crippen LogP contribution in [0.1, 0.15) is 30.9 Å². The molecule has 0 bridgehead atoms. The van der Waals surface area contributed by atoms with Crippen molar-refractivity contribution in [1.29, 1.82) is 0 Å². The minimum atomic E-state index is 0.373. The number of pyridine rings is 2. The number of hydrogen-bond donors (Lipinski definition) is 0. The Kier molecular flexibility index (Phi) is 6.92. The van der Waals surface area contributed by atoms with Crippen molar-refractivity contribution in [2.45, 2.75) is 26.7 Å². The van der Waals surface area contributed by atoms with Crippen molar-refractivity contribution in [3.63, 3.8) is 0 Å². The first-order chi connectivity index (χ1) is 22.5. The summed E-state index contributed by atoms with van der Waals surface area (Å²) in [6, 6.07) is 48.7. The van der Waals surface area contributed by atoms with Gasteiger partial charge < -0.3 is 0 Å². The van der Waals surface area contributed by atoms with E-state index in [9.17, 15) is 0 Å². The second-order valence-electron chi connectivity index (χ2n) is 12.5. The van der Waals surface area contributed by atoms with Crippen LogP contribution in [0.25, 0.3) is 77.1 Å². The molecular weight excluding hydrogens is 556 g/mol. The quantitative estimate of drug-likeness (QED) is 0.186. The van der Waals surface area contributed by atoms with Crippen LogP contribution >= 0.6 is 0 Å². The average Bonchev–Trinajstić information content (AvgIpc) is 3.10. The van der Waals surface area contributed by atoms with Gasteiger partial charge in [0.1, 0.15) is 0 Å². The summed E-state index contributed by atoms with van der Waals surface area (Å²) in [5.41, 5.74) is 11.8. The molecule has 0 N–H and O–H groups in total. The third-order valence-electron chi connectivity index (χ3n) is 9.17. The van der Waals surface area contributed by atoms with Crippen molar-refractivity contribution in [1.82, 2.24) is 9.97 Å². The van der Waals surface area contributed by atoms with Crippen LogP contribution in [0.2, 0.25) is 0 Å². The molecule has 8 rings (SSSR count). The van der Waals surface area contributed by atoms with Crippen LogP contribution in [-0.2, 0) is 0 Å². The summed E-state index contributed by atoms with van der Waals surface area (Å²) in [6.07, 6.45) is 3.67. The summed E-state index contributed by atoms with van der Waals surface area (Å²) >= 11 is 0. The van der Waals surface area contributed by atoms with E-state index in [1.807, 2.05) is 24.5 Å². The molecule has 220 valence electrons. The Hall–Kier alpha value is -5.60. The number of fused-ring (bicyclic) bond motifs is 3. The lowest BCUT2D eigenvalue weighted by Gasteiger charge is -2.18. The summed E-state index contributed by atoms with van der Waals surface area (Å²) in [4.78, 5) is 9.40. The molecule has 0 saturated heterocycles.